The normalized spacial score (nSPS) is 19.0. The fourth-order valence-electron chi connectivity index (χ4n) is 10.7. The first-order chi connectivity index (χ1) is 38.7. The average molecular weight is 1120 g/mol. The summed E-state index contributed by atoms with van der Waals surface area (Å²) in [6.45, 7) is 5.79. The van der Waals surface area contributed by atoms with Crippen LogP contribution in [0.25, 0.3) is 0 Å². The van der Waals surface area contributed by atoms with Crippen LogP contribution >= 0.6 is 0 Å². The van der Waals surface area contributed by atoms with E-state index in [0.29, 0.717) is 19.3 Å². The lowest BCUT2D eigenvalue weighted by atomic mass is 9.99. The van der Waals surface area contributed by atoms with E-state index in [2.05, 4.69) is 50.4 Å². The van der Waals surface area contributed by atoms with Gasteiger partial charge < -0.3 is 45.1 Å². The standard InChI is InChI=1S/C68H127NO10/c1-4-7-10-13-16-19-22-25-27-28-29-30-31-32-33-35-37-40-43-46-49-52-55-61(72)67(76)69-59(60(71)54-51-48-45-42-39-36-24-21-18-15-12-9-6-3)58-77-68-66(65(75)64(74)62(57-70)78-68)79-63(73)56-53-50-47-44-41-38-34-26-23-20-17-14-11-8-5-2/h17,20,23,26,51,54,59-62,64-66,68,70-72,74-75H,4-16,18-19,21-22,24-25,27-50,52-53,55-58H2,1-3H3,(H,69,76)/b20-17+,26-23+,54-51+. The molecule has 6 N–H and O–H groups in total. The van der Waals surface area contributed by atoms with Gasteiger partial charge in [0, 0.05) is 6.42 Å². The van der Waals surface area contributed by atoms with Crippen molar-refractivity contribution in [1.29, 1.82) is 0 Å². The molecule has 8 unspecified atom stereocenters. The highest BCUT2D eigenvalue weighted by molar-refractivity contribution is 5.80. The van der Waals surface area contributed by atoms with Gasteiger partial charge in [-0.1, -0.05) is 301 Å². The third kappa shape index (κ3) is 44.1. The highest BCUT2D eigenvalue weighted by atomic mass is 16.7. The first kappa shape index (κ1) is 74.9. The van der Waals surface area contributed by atoms with Crippen LogP contribution in [0.5, 0.6) is 0 Å². The summed E-state index contributed by atoms with van der Waals surface area (Å²) in [5.41, 5.74) is 0. The molecule has 0 spiro atoms. The number of carbonyl (C=O) groups excluding carboxylic acids is 2. The van der Waals surface area contributed by atoms with E-state index in [9.17, 15) is 35.1 Å². The summed E-state index contributed by atoms with van der Waals surface area (Å²) in [5, 5.41) is 57.1. The summed E-state index contributed by atoms with van der Waals surface area (Å²) in [7, 11) is 0. The number of rotatable bonds is 58. The average Bonchev–Trinajstić information content (AvgIpc) is 3.50. The van der Waals surface area contributed by atoms with E-state index >= 15 is 0 Å². The van der Waals surface area contributed by atoms with Crippen molar-refractivity contribution in [2.45, 2.75) is 372 Å². The second-order valence-corrected chi connectivity index (χ2v) is 23.6. The minimum Gasteiger partial charge on any atom is -0.454 e. The van der Waals surface area contributed by atoms with Gasteiger partial charge in [-0.3, -0.25) is 9.59 Å². The summed E-state index contributed by atoms with van der Waals surface area (Å²) in [6, 6.07) is -1.02. The number of allylic oxidation sites excluding steroid dienone is 5. The monoisotopic (exact) mass is 1120 g/mol. The van der Waals surface area contributed by atoms with Crippen molar-refractivity contribution in [2.75, 3.05) is 13.2 Å². The van der Waals surface area contributed by atoms with Crippen LogP contribution < -0.4 is 5.32 Å². The Balaban J connectivity index is 2.62. The summed E-state index contributed by atoms with van der Waals surface area (Å²) in [6.07, 6.45) is 57.6. The van der Waals surface area contributed by atoms with E-state index in [1.54, 1.807) is 6.08 Å². The third-order valence-corrected chi connectivity index (χ3v) is 16.1. The highest BCUT2D eigenvalue weighted by Gasteiger charge is 2.47. The smallest absolute Gasteiger partial charge is 0.306 e. The minimum atomic E-state index is -1.62. The SMILES string of the molecule is CCCCC/C=C/C=C/CCCCCCCCC(=O)OC1C(OCC(NC(=O)C(O)CCCCCCCCCCCCCCCCCCCCCCCC)C(O)/C=C/CCCCCCCCCCCCC)OC(CO)C(O)C1O. The molecule has 1 heterocycles. The van der Waals surface area contributed by atoms with Crippen LogP contribution in [-0.4, -0.2) is 99.6 Å². The number of hydrogen-bond acceptors (Lipinski definition) is 10. The van der Waals surface area contributed by atoms with Crippen molar-refractivity contribution in [3.8, 4) is 0 Å². The molecule has 79 heavy (non-hydrogen) atoms. The second kappa shape index (κ2) is 56.4. The zero-order valence-corrected chi connectivity index (χ0v) is 51.5. The number of carbonyl (C=O) groups is 2. The van der Waals surface area contributed by atoms with Gasteiger partial charge in [-0.05, 0) is 51.4 Å². The number of unbranched alkanes of at least 4 members (excludes halogenated alkanes) is 41. The highest BCUT2D eigenvalue weighted by Crippen LogP contribution is 2.26. The fraction of sp³-hybridized carbons (Fsp3) is 0.882. The van der Waals surface area contributed by atoms with E-state index in [1.165, 1.54) is 193 Å². The van der Waals surface area contributed by atoms with E-state index in [1.807, 2.05) is 6.08 Å². The number of ether oxygens (including phenoxy) is 3. The van der Waals surface area contributed by atoms with Crippen LogP contribution in [0.1, 0.15) is 323 Å². The second-order valence-electron chi connectivity index (χ2n) is 23.6. The Bertz CT molecular complexity index is 1420. The number of amides is 1. The summed E-state index contributed by atoms with van der Waals surface area (Å²) >= 11 is 0. The lowest BCUT2D eigenvalue weighted by Gasteiger charge is -2.41. The molecule has 0 aromatic heterocycles. The van der Waals surface area contributed by atoms with Gasteiger partial charge in [-0.15, -0.1) is 0 Å². The van der Waals surface area contributed by atoms with Crippen LogP contribution in [0.15, 0.2) is 36.5 Å². The molecule has 1 amide bonds. The topological polar surface area (TPSA) is 175 Å². The van der Waals surface area contributed by atoms with E-state index in [-0.39, 0.29) is 13.0 Å². The molecule has 0 aromatic rings. The van der Waals surface area contributed by atoms with Crippen LogP contribution in [0, 0.1) is 0 Å². The molecule has 0 saturated carbocycles. The predicted octanol–water partition coefficient (Wildman–Crippen LogP) is 16.6. The zero-order valence-electron chi connectivity index (χ0n) is 51.5. The summed E-state index contributed by atoms with van der Waals surface area (Å²) in [5.74, 6) is -1.19. The van der Waals surface area contributed by atoms with Crippen molar-refractivity contribution < 1.29 is 49.3 Å². The van der Waals surface area contributed by atoms with Crippen molar-refractivity contribution in [2.24, 2.45) is 0 Å². The van der Waals surface area contributed by atoms with Gasteiger partial charge in [-0.25, -0.2) is 0 Å². The molecule has 1 rings (SSSR count). The molecule has 8 atom stereocenters. The number of esters is 1. The number of aliphatic hydroxyl groups excluding tert-OH is 5. The van der Waals surface area contributed by atoms with Crippen molar-refractivity contribution in [3.05, 3.63) is 36.5 Å². The maximum absolute atomic E-state index is 13.5. The van der Waals surface area contributed by atoms with Crippen molar-refractivity contribution >= 4 is 11.9 Å². The van der Waals surface area contributed by atoms with Crippen LogP contribution in [-0.2, 0) is 23.8 Å². The third-order valence-electron chi connectivity index (χ3n) is 16.1. The Morgan fingerprint density at radius 3 is 1.29 bits per heavy atom. The molecule has 464 valence electrons. The Kier molecular flexibility index (Phi) is 53.4. The molecule has 1 aliphatic heterocycles. The fourth-order valence-corrected chi connectivity index (χ4v) is 10.7. The van der Waals surface area contributed by atoms with E-state index in [4.69, 9.17) is 14.2 Å². The van der Waals surface area contributed by atoms with Gasteiger partial charge in [-0.2, -0.15) is 0 Å². The lowest BCUT2D eigenvalue weighted by Crippen LogP contribution is -2.61. The van der Waals surface area contributed by atoms with Crippen LogP contribution in [0.2, 0.25) is 0 Å². The summed E-state index contributed by atoms with van der Waals surface area (Å²) in [4.78, 5) is 26.6. The first-order valence-corrected chi connectivity index (χ1v) is 33.8. The van der Waals surface area contributed by atoms with E-state index in [0.717, 1.165) is 83.5 Å². The van der Waals surface area contributed by atoms with Crippen molar-refractivity contribution in [1.82, 2.24) is 5.32 Å². The quantitative estimate of drug-likeness (QED) is 0.0149. The Morgan fingerprint density at radius 1 is 0.494 bits per heavy atom. The Labute approximate surface area is 485 Å². The van der Waals surface area contributed by atoms with Gasteiger partial charge in [0.2, 0.25) is 5.91 Å². The number of hydrogen-bond donors (Lipinski definition) is 6. The maximum Gasteiger partial charge on any atom is 0.306 e. The number of nitrogens with one attached hydrogen (secondary N) is 1. The van der Waals surface area contributed by atoms with Crippen LogP contribution in [0.4, 0.5) is 0 Å². The molecular formula is C68H127NO10. The van der Waals surface area contributed by atoms with Crippen LogP contribution in [0.3, 0.4) is 0 Å². The first-order valence-electron chi connectivity index (χ1n) is 33.8. The van der Waals surface area contributed by atoms with Gasteiger partial charge in [0.15, 0.2) is 12.4 Å². The summed E-state index contributed by atoms with van der Waals surface area (Å²) < 4.78 is 17.6. The Hall–Kier alpha value is -2.12. The molecule has 11 heteroatoms. The lowest BCUT2D eigenvalue weighted by molar-refractivity contribution is -0.305. The van der Waals surface area contributed by atoms with Gasteiger partial charge in [0.25, 0.3) is 0 Å². The predicted molar refractivity (Wildman–Crippen MR) is 329 cm³/mol. The van der Waals surface area contributed by atoms with Gasteiger partial charge in [0.1, 0.15) is 24.4 Å². The van der Waals surface area contributed by atoms with E-state index < -0.39 is 67.4 Å². The molecule has 1 saturated heterocycles. The van der Waals surface area contributed by atoms with Crippen molar-refractivity contribution in [3.63, 3.8) is 0 Å². The molecule has 0 aromatic carbocycles. The zero-order chi connectivity index (χ0) is 57.5. The Morgan fingerprint density at radius 2 is 0.861 bits per heavy atom. The molecule has 1 aliphatic rings. The molecule has 1 fully saturated rings. The number of aliphatic hydroxyl groups is 5. The molecule has 0 bridgehead atoms. The molecule has 0 radical (unpaired) electrons. The minimum absolute atomic E-state index is 0.113. The molecule has 0 aliphatic carbocycles. The molecular weight excluding hydrogens is 991 g/mol. The van der Waals surface area contributed by atoms with Gasteiger partial charge >= 0.3 is 5.97 Å². The van der Waals surface area contributed by atoms with Gasteiger partial charge in [0.05, 0.1) is 25.4 Å². The maximum atomic E-state index is 13.5. The molecule has 11 nitrogen and oxygen atoms in total. The largest absolute Gasteiger partial charge is 0.454 e.